The normalized spacial score (nSPS) is 29.5. The zero-order chi connectivity index (χ0) is 10.1. The third-order valence-corrected chi connectivity index (χ3v) is 2.71. The average Bonchev–Trinajstić information content (AvgIpc) is 2.02. The molecular weight excluding hydrogens is 174 g/mol. The number of nitrogens with zero attached hydrogens (tertiary/aromatic N) is 1. The van der Waals surface area contributed by atoms with Crippen molar-refractivity contribution in [2.24, 2.45) is 0 Å². The van der Waals surface area contributed by atoms with Crippen LogP contribution in [0.4, 0.5) is 8.78 Å². The van der Waals surface area contributed by atoms with Gasteiger partial charge >= 0.3 is 0 Å². The van der Waals surface area contributed by atoms with E-state index in [0.717, 1.165) is 6.54 Å². The average molecular weight is 192 g/mol. The molecule has 0 unspecified atom stereocenters. The van der Waals surface area contributed by atoms with E-state index in [9.17, 15) is 8.78 Å². The van der Waals surface area contributed by atoms with Crippen molar-refractivity contribution >= 4 is 0 Å². The Morgan fingerprint density at radius 1 is 1.46 bits per heavy atom. The van der Waals surface area contributed by atoms with E-state index in [2.05, 4.69) is 5.32 Å². The van der Waals surface area contributed by atoms with Crippen molar-refractivity contribution in [2.75, 3.05) is 20.1 Å². The summed E-state index contributed by atoms with van der Waals surface area (Å²) in [6.45, 7) is 4.56. The van der Waals surface area contributed by atoms with Crippen LogP contribution in [-0.4, -0.2) is 43.0 Å². The molecule has 13 heavy (non-hydrogen) atoms. The number of likely N-dealkylation sites (tertiary alicyclic amines) is 1. The molecule has 0 spiro atoms. The van der Waals surface area contributed by atoms with Gasteiger partial charge in [0.05, 0.1) is 12.6 Å². The highest BCUT2D eigenvalue weighted by Gasteiger charge is 2.44. The van der Waals surface area contributed by atoms with E-state index < -0.39 is 12.0 Å². The zero-order valence-electron chi connectivity index (χ0n) is 8.48. The van der Waals surface area contributed by atoms with E-state index in [1.807, 2.05) is 18.7 Å². The van der Waals surface area contributed by atoms with Crippen molar-refractivity contribution in [3.05, 3.63) is 0 Å². The first-order valence-electron chi connectivity index (χ1n) is 4.76. The molecule has 1 heterocycles. The lowest BCUT2D eigenvalue weighted by molar-refractivity contribution is -0.0948. The summed E-state index contributed by atoms with van der Waals surface area (Å²) in [6.07, 6.45) is 0.529. The topological polar surface area (TPSA) is 15.3 Å². The van der Waals surface area contributed by atoms with E-state index in [0.29, 0.717) is 6.42 Å². The predicted molar refractivity (Wildman–Crippen MR) is 49.1 cm³/mol. The molecule has 0 aliphatic carbocycles. The van der Waals surface area contributed by atoms with Crippen LogP contribution in [0, 0.1) is 0 Å². The van der Waals surface area contributed by atoms with Crippen LogP contribution in [0.15, 0.2) is 0 Å². The van der Waals surface area contributed by atoms with Crippen molar-refractivity contribution in [3.8, 4) is 0 Å². The molecule has 0 saturated carbocycles. The molecule has 78 valence electrons. The van der Waals surface area contributed by atoms with Crippen molar-refractivity contribution < 1.29 is 8.78 Å². The Labute approximate surface area is 78.3 Å². The van der Waals surface area contributed by atoms with Crippen LogP contribution < -0.4 is 5.32 Å². The van der Waals surface area contributed by atoms with Gasteiger partial charge < -0.3 is 5.32 Å². The van der Waals surface area contributed by atoms with E-state index in [1.54, 1.807) is 7.05 Å². The minimum absolute atomic E-state index is 0.115. The lowest BCUT2D eigenvalue weighted by Crippen LogP contribution is -2.57. The molecule has 0 bridgehead atoms. The lowest BCUT2D eigenvalue weighted by atomic mass is 10.00. The number of rotatable bonds is 2. The monoisotopic (exact) mass is 192 g/mol. The third kappa shape index (κ3) is 2.38. The van der Waals surface area contributed by atoms with Gasteiger partial charge in [0.15, 0.2) is 0 Å². The van der Waals surface area contributed by atoms with Crippen LogP contribution in [0.3, 0.4) is 0 Å². The SMILES string of the molecule is CN[C@H]1CCN(C(C)C)CC1(F)F. The molecule has 1 aliphatic rings. The highest BCUT2D eigenvalue weighted by Crippen LogP contribution is 2.27. The summed E-state index contributed by atoms with van der Waals surface area (Å²) in [5, 5.41) is 2.68. The molecule has 0 aromatic heterocycles. The smallest absolute Gasteiger partial charge is 0.275 e. The molecular formula is C9H18F2N2. The number of hydrogen-bond donors (Lipinski definition) is 1. The summed E-state index contributed by atoms with van der Waals surface area (Å²) < 4.78 is 26.8. The van der Waals surface area contributed by atoms with E-state index in [4.69, 9.17) is 0 Å². The van der Waals surface area contributed by atoms with Gasteiger partial charge in [-0.1, -0.05) is 0 Å². The Morgan fingerprint density at radius 2 is 2.08 bits per heavy atom. The Bertz CT molecular complexity index is 171. The third-order valence-electron chi connectivity index (χ3n) is 2.71. The molecule has 0 radical (unpaired) electrons. The Hall–Kier alpha value is -0.220. The molecule has 1 aliphatic heterocycles. The van der Waals surface area contributed by atoms with Crippen molar-refractivity contribution in [3.63, 3.8) is 0 Å². The maximum atomic E-state index is 13.4. The van der Waals surface area contributed by atoms with Gasteiger partial charge in [-0.25, -0.2) is 8.78 Å². The maximum Gasteiger partial charge on any atom is 0.275 e. The Kier molecular flexibility index (Phi) is 3.24. The van der Waals surface area contributed by atoms with Gasteiger partial charge in [-0.05, 0) is 27.3 Å². The van der Waals surface area contributed by atoms with Crippen LogP contribution >= 0.6 is 0 Å². The minimum Gasteiger partial charge on any atom is -0.312 e. The standard InChI is InChI=1S/C9H18F2N2/c1-7(2)13-5-4-8(12-3)9(10,11)6-13/h7-8,12H,4-6H2,1-3H3/t8-/m0/s1. The molecule has 1 saturated heterocycles. The number of halogens is 2. The fraction of sp³-hybridized carbons (Fsp3) is 1.00. The lowest BCUT2D eigenvalue weighted by Gasteiger charge is -2.40. The van der Waals surface area contributed by atoms with Crippen LogP contribution in [0.2, 0.25) is 0 Å². The second-order valence-electron chi connectivity index (χ2n) is 3.96. The fourth-order valence-corrected chi connectivity index (χ4v) is 1.76. The Balaban J connectivity index is 2.59. The fourth-order valence-electron chi connectivity index (χ4n) is 1.76. The second-order valence-corrected chi connectivity index (χ2v) is 3.96. The maximum absolute atomic E-state index is 13.4. The van der Waals surface area contributed by atoms with Gasteiger partial charge in [-0.3, -0.25) is 4.90 Å². The summed E-state index contributed by atoms with van der Waals surface area (Å²) in [5.41, 5.74) is 0. The summed E-state index contributed by atoms with van der Waals surface area (Å²) in [7, 11) is 1.60. The van der Waals surface area contributed by atoms with Crippen LogP contribution in [0.25, 0.3) is 0 Å². The number of nitrogens with one attached hydrogen (secondary N) is 1. The molecule has 1 atom stereocenters. The van der Waals surface area contributed by atoms with Gasteiger partial charge in [-0.15, -0.1) is 0 Å². The van der Waals surface area contributed by atoms with Crippen molar-refractivity contribution in [1.29, 1.82) is 0 Å². The first-order chi connectivity index (χ1) is 5.97. The highest BCUT2D eigenvalue weighted by molar-refractivity contribution is 4.91. The van der Waals surface area contributed by atoms with Gasteiger partial charge in [0.25, 0.3) is 5.92 Å². The quantitative estimate of drug-likeness (QED) is 0.710. The van der Waals surface area contributed by atoms with Crippen LogP contribution in [-0.2, 0) is 0 Å². The largest absolute Gasteiger partial charge is 0.312 e. The summed E-state index contributed by atoms with van der Waals surface area (Å²) >= 11 is 0. The molecule has 0 aromatic carbocycles. The molecule has 2 nitrogen and oxygen atoms in total. The molecule has 0 aromatic rings. The van der Waals surface area contributed by atoms with Crippen molar-refractivity contribution in [2.45, 2.75) is 38.3 Å². The number of hydrogen-bond acceptors (Lipinski definition) is 2. The molecule has 1 rings (SSSR count). The second kappa shape index (κ2) is 3.88. The molecule has 1 N–H and O–H groups in total. The Morgan fingerprint density at radius 3 is 2.46 bits per heavy atom. The van der Waals surface area contributed by atoms with E-state index in [1.165, 1.54) is 0 Å². The van der Waals surface area contributed by atoms with Gasteiger partial charge in [0.1, 0.15) is 0 Å². The van der Waals surface area contributed by atoms with Gasteiger partial charge in [0.2, 0.25) is 0 Å². The zero-order valence-corrected chi connectivity index (χ0v) is 8.48. The number of piperidine rings is 1. The first kappa shape index (κ1) is 10.9. The highest BCUT2D eigenvalue weighted by atomic mass is 19.3. The van der Waals surface area contributed by atoms with E-state index in [-0.39, 0.29) is 12.6 Å². The van der Waals surface area contributed by atoms with Gasteiger partial charge in [-0.2, -0.15) is 0 Å². The summed E-state index contributed by atoms with van der Waals surface area (Å²) in [6, 6.07) is -0.439. The van der Waals surface area contributed by atoms with Gasteiger partial charge in [0, 0.05) is 12.6 Å². The predicted octanol–water partition coefficient (Wildman–Crippen LogP) is 1.32. The number of alkyl halides is 2. The molecule has 1 fully saturated rings. The summed E-state index contributed by atoms with van der Waals surface area (Å²) in [5.74, 6) is -2.59. The van der Waals surface area contributed by atoms with Crippen LogP contribution in [0.1, 0.15) is 20.3 Å². The molecule has 4 heteroatoms. The van der Waals surface area contributed by atoms with Crippen molar-refractivity contribution in [1.82, 2.24) is 10.2 Å². The van der Waals surface area contributed by atoms with Crippen LogP contribution in [0.5, 0.6) is 0 Å². The first-order valence-corrected chi connectivity index (χ1v) is 4.76. The molecule has 0 amide bonds. The minimum atomic E-state index is -2.59. The summed E-state index contributed by atoms with van der Waals surface area (Å²) in [4.78, 5) is 1.83. The van der Waals surface area contributed by atoms with E-state index >= 15 is 0 Å².